The first-order valence-electron chi connectivity index (χ1n) is 7.78. The fourth-order valence-electron chi connectivity index (χ4n) is 2.38. The van der Waals surface area contributed by atoms with Crippen LogP contribution in [0.3, 0.4) is 0 Å². The minimum absolute atomic E-state index is 0.274. The molecule has 130 valence electrons. The highest BCUT2D eigenvalue weighted by atomic mass is 35.5. The van der Waals surface area contributed by atoms with E-state index >= 15 is 0 Å². The number of nitrogens with one attached hydrogen (secondary N) is 1. The van der Waals surface area contributed by atoms with Gasteiger partial charge >= 0.3 is 0 Å². The molecule has 25 heavy (non-hydrogen) atoms. The number of hydrogen-bond acceptors (Lipinski definition) is 3. The number of anilines is 1. The van der Waals surface area contributed by atoms with Crippen LogP contribution in [0, 0.1) is 12.7 Å². The van der Waals surface area contributed by atoms with Crippen LogP contribution in [-0.2, 0) is 13.1 Å². The molecular weight excluding hydrogens is 345 g/mol. The lowest BCUT2D eigenvalue weighted by Crippen LogP contribution is -2.12. The molecule has 1 N–H and O–H groups in total. The molecule has 1 amide bonds. The van der Waals surface area contributed by atoms with E-state index in [1.165, 1.54) is 18.3 Å². The molecule has 0 saturated carbocycles. The van der Waals surface area contributed by atoms with E-state index in [0.717, 1.165) is 11.3 Å². The molecule has 0 unspecified atom stereocenters. The molecule has 0 aliphatic rings. The fourth-order valence-corrected chi connectivity index (χ4v) is 2.61. The summed E-state index contributed by atoms with van der Waals surface area (Å²) in [5.41, 5.74) is 2.06. The summed E-state index contributed by atoms with van der Waals surface area (Å²) >= 11 is 6.06. The molecule has 0 aliphatic heterocycles. The Bertz CT molecular complexity index is 918. The highest BCUT2D eigenvalue weighted by molar-refractivity contribution is 6.31. The molecule has 8 heteroatoms. The third-order valence-corrected chi connectivity index (χ3v) is 4.13. The van der Waals surface area contributed by atoms with Gasteiger partial charge in [-0.25, -0.2) is 4.39 Å². The summed E-state index contributed by atoms with van der Waals surface area (Å²) in [6.07, 6.45) is 3.19. The van der Waals surface area contributed by atoms with Gasteiger partial charge in [-0.15, -0.1) is 0 Å². The molecule has 3 rings (SSSR count). The van der Waals surface area contributed by atoms with Crippen molar-refractivity contribution in [2.24, 2.45) is 0 Å². The maximum atomic E-state index is 13.1. The summed E-state index contributed by atoms with van der Waals surface area (Å²) in [4.78, 5) is 12.2. The zero-order valence-electron chi connectivity index (χ0n) is 13.8. The predicted molar refractivity (Wildman–Crippen MR) is 93.3 cm³/mol. The number of nitrogens with zero attached hydrogens (tertiary/aromatic N) is 4. The molecular formula is C17H17ClFN5O. The summed E-state index contributed by atoms with van der Waals surface area (Å²) in [7, 11) is 0. The predicted octanol–water partition coefficient (Wildman–Crippen LogP) is 3.50. The highest BCUT2D eigenvalue weighted by Gasteiger charge is 2.13. The molecule has 1 aromatic carbocycles. The van der Waals surface area contributed by atoms with Gasteiger partial charge in [-0.1, -0.05) is 17.7 Å². The summed E-state index contributed by atoms with van der Waals surface area (Å²) in [6.45, 7) is 4.89. The molecule has 0 bridgehead atoms. The number of aromatic nitrogens is 4. The van der Waals surface area contributed by atoms with Crippen molar-refractivity contribution in [1.29, 1.82) is 0 Å². The van der Waals surface area contributed by atoms with Crippen molar-refractivity contribution in [2.75, 3.05) is 5.32 Å². The van der Waals surface area contributed by atoms with Crippen LogP contribution in [0.4, 0.5) is 10.2 Å². The van der Waals surface area contributed by atoms with Gasteiger partial charge in [0.25, 0.3) is 5.91 Å². The van der Waals surface area contributed by atoms with Crippen molar-refractivity contribution < 1.29 is 9.18 Å². The summed E-state index contributed by atoms with van der Waals surface area (Å²) in [5, 5.41) is 11.5. The molecule has 2 aromatic heterocycles. The third-order valence-electron chi connectivity index (χ3n) is 3.78. The zero-order valence-corrected chi connectivity index (χ0v) is 14.6. The van der Waals surface area contributed by atoms with Crippen LogP contribution in [0.1, 0.15) is 28.5 Å². The molecule has 6 nitrogen and oxygen atoms in total. The van der Waals surface area contributed by atoms with Crippen LogP contribution >= 0.6 is 11.6 Å². The molecule has 0 saturated heterocycles. The van der Waals surface area contributed by atoms with E-state index in [9.17, 15) is 9.18 Å². The normalized spacial score (nSPS) is 10.9. The van der Waals surface area contributed by atoms with Gasteiger partial charge in [-0.05, 0) is 31.5 Å². The first-order valence-corrected chi connectivity index (χ1v) is 8.16. The first kappa shape index (κ1) is 17.2. The SMILES string of the molecule is CCn1cc(C(=O)Nc2cc(C)n(Cc3ccc(F)cc3Cl)n2)cn1. The second-order valence-corrected chi connectivity index (χ2v) is 6.01. The van der Waals surface area contributed by atoms with Gasteiger partial charge in [-0.2, -0.15) is 10.2 Å². The number of halogens is 2. The monoisotopic (exact) mass is 361 g/mol. The quantitative estimate of drug-likeness (QED) is 0.756. The van der Waals surface area contributed by atoms with Gasteiger partial charge in [0.15, 0.2) is 5.82 Å². The second-order valence-electron chi connectivity index (χ2n) is 5.60. The number of amides is 1. The molecule has 3 aromatic rings. The maximum Gasteiger partial charge on any atom is 0.260 e. The van der Waals surface area contributed by atoms with Gasteiger partial charge in [0, 0.05) is 29.5 Å². The summed E-state index contributed by atoms with van der Waals surface area (Å²) < 4.78 is 16.5. The molecule has 0 radical (unpaired) electrons. The third kappa shape index (κ3) is 3.88. The summed E-state index contributed by atoms with van der Waals surface area (Å²) in [5.74, 6) is -0.222. The van der Waals surface area contributed by atoms with E-state index in [0.29, 0.717) is 29.5 Å². The van der Waals surface area contributed by atoms with Crippen molar-refractivity contribution in [3.8, 4) is 0 Å². The van der Waals surface area contributed by atoms with Crippen molar-refractivity contribution in [2.45, 2.75) is 26.9 Å². The number of carbonyl (C=O) groups excluding carboxylic acids is 1. The van der Waals surface area contributed by atoms with Crippen LogP contribution < -0.4 is 5.32 Å². The van der Waals surface area contributed by atoms with E-state index in [4.69, 9.17) is 11.6 Å². The van der Waals surface area contributed by atoms with Gasteiger partial charge in [0.2, 0.25) is 0 Å². The van der Waals surface area contributed by atoms with E-state index in [1.54, 1.807) is 27.7 Å². The van der Waals surface area contributed by atoms with Crippen LogP contribution in [0.25, 0.3) is 0 Å². The lowest BCUT2D eigenvalue weighted by molar-refractivity contribution is 0.102. The van der Waals surface area contributed by atoms with Gasteiger partial charge in [0.1, 0.15) is 5.82 Å². The Morgan fingerprint density at radius 2 is 2.16 bits per heavy atom. The number of hydrogen-bond donors (Lipinski definition) is 1. The van der Waals surface area contributed by atoms with Crippen LogP contribution in [0.15, 0.2) is 36.7 Å². The van der Waals surface area contributed by atoms with Crippen LogP contribution in [0.5, 0.6) is 0 Å². The van der Waals surface area contributed by atoms with Crippen LogP contribution in [0.2, 0.25) is 5.02 Å². The highest BCUT2D eigenvalue weighted by Crippen LogP contribution is 2.20. The lowest BCUT2D eigenvalue weighted by atomic mass is 10.2. The largest absolute Gasteiger partial charge is 0.305 e. The Hall–Kier alpha value is -2.67. The van der Waals surface area contributed by atoms with Crippen molar-refractivity contribution in [3.63, 3.8) is 0 Å². The maximum absolute atomic E-state index is 13.1. The molecule has 0 atom stereocenters. The van der Waals surface area contributed by atoms with Gasteiger partial charge in [0.05, 0.1) is 18.3 Å². The Kier molecular flexibility index (Phi) is 4.85. The number of carbonyl (C=O) groups is 1. The first-order chi connectivity index (χ1) is 12.0. The average molecular weight is 362 g/mol. The van der Waals surface area contributed by atoms with E-state index in [-0.39, 0.29) is 11.7 Å². The Morgan fingerprint density at radius 3 is 2.84 bits per heavy atom. The molecule has 0 spiro atoms. The van der Waals surface area contributed by atoms with Crippen molar-refractivity contribution in [3.05, 3.63) is 64.3 Å². The lowest BCUT2D eigenvalue weighted by Gasteiger charge is -2.06. The Morgan fingerprint density at radius 1 is 1.36 bits per heavy atom. The standard InChI is InChI=1S/C17H17ClFN5O/c1-3-23-9-13(8-20-23)17(25)21-16-6-11(2)24(22-16)10-12-4-5-14(19)7-15(12)18/h4-9H,3,10H2,1-2H3,(H,21,22,25). The summed E-state index contributed by atoms with van der Waals surface area (Å²) in [6, 6.07) is 6.01. The number of rotatable bonds is 5. The molecule has 0 aliphatic carbocycles. The second kappa shape index (κ2) is 7.06. The smallest absolute Gasteiger partial charge is 0.260 e. The van der Waals surface area contributed by atoms with E-state index < -0.39 is 0 Å². The van der Waals surface area contributed by atoms with E-state index in [1.807, 2.05) is 13.8 Å². The molecule has 2 heterocycles. The topological polar surface area (TPSA) is 64.7 Å². The molecule has 0 fully saturated rings. The minimum atomic E-state index is -0.383. The van der Waals surface area contributed by atoms with Gasteiger partial charge in [-0.3, -0.25) is 14.2 Å². The van der Waals surface area contributed by atoms with Crippen LogP contribution in [-0.4, -0.2) is 25.5 Å². The van der Waals surface area contributed by atoms with E-state index in [2.05, 4.69) is 15.5 Å². The number of aryl methyl sites for hydroxylation is 2. The van der Waals surface area contributed by atoms with Crippen molar-refractivity contribution >= 4 is 23.3 Å². The average Bonchev–Trinajstić information content (AvgIpc) is 3.17. The zero-order chi connectivity index (χ0) is 18.0. The Balaban J connectivity index is 1.74. The minimum Gasteiger partial charge on any atom is -0.305 e. The van der Waals surface area contributed by atoms with Gasteiger partial charge < -0.3 is 5.32 Å². The van der Waals surface area contributed by atoms with Crippen molar-refractivity contribution in [1.82, 2.24) is 19.6 Å². The number of benzene rings is 1. The Labute approximate surface area is 149 Å². The fraction of sp³-hybridized carbons (Fsp3) is 0.235.